The van der Waals surface area contributed by atoms with Crippen LogP contribution in [0, 0.1) is 0 Å². The molecule has 2 heteroatoms. The second kappa shape index (κ2) is 34.3. The third kappa shape index (κ3) is 30.0. The van der Waals surface area contributed by atoms with Crippen LogP contribution in [-0.4, -0.2) is 12.1 Å². The Morgan fingerprint density at radius 2 is 0.700 bits per heavy atom. The van der Waals surface area contributed by atoms with Gasteiger partial charge in [-0.1, -0.05) is 200 Å². The third-order valence-electron chi connectivity index (χ3n) is 8.57. The number of Topliss-reactive ketones (excluding diaryl/α,β-unsaturated/α-hetero) is 1. The van der Waals surface area contributed by atoms with Crippen LogP contribution >= 0.6 is 0 Å². The fourth-order valence-electron chi connectivity index (χ4n) is 5.77. The summed E-state index contributed by atoms with van der Waals surface area (Å²) in [4.78, 5) is 23.7. The summed E-state index contributed by atoms with van der Waals surface area (Å²) in [6.07, 6.45) is 45.3. The lowest BCUT2D eigenvalue weighted by molar-refractivity contribution is -0.115. The average Bonchev–Trinajstić information content (AvgIpc) is 2.96. The Labute approximate surface area is 252 Å². The van der Waals surface area contributed by atoms with Gasteiger partial charge in [0.2, 0.25) is 6.29 Å². The van der Waals surface area contributed by atoms with Crippen LogP contribution in [0.5, 0.6) is 0 Å². The number of ketones is 1. The largest absolute Gasteiger partial charge is 0.294 e. The SMILES string of the molecule is CCCCCCCCCCCCCCCCCC=C([C]=O)C(=O)CCCCCCCCCCCCCCCCC. The molecule has 0 heterocycles. The average molecular weight is 560 g/mol. The van der Waals surface area contributed by atoms with Crippen LogP contribution < -0.4 is 0 Å². The lowest BCUT2D eigenvalue weighted by atomic mass is 10.0. The molecule has 0 aromatic rings. The molecular weight excluding hydrogens is 488 g/mol. The van der Waals surface area contributed by atoms with E-state index < -0.39 is 0 Å². The highest BCUT2D eigenvalue weighted by atomic mass is 16.1. The zero-order chi connectivity index (χ0) is 29.2. The van der Waals surface area contributed by atoms with E-state index in [4.69, 9.17) is 0 Å². The van der Waals surface area contributed by atoms with Crippen molar-refractivity contribution < 1.29 is 9.59 Å². The molecule has 2 nitrogen and oxygen atoms in total. The molecule has 0 aliphatic rings. The summed E-state index contributed by atoms with van der Waals surface area (Å²) in [5.41, 5.74) is 0.302. The summed E-state index contributed by atoms with van der Waals surface area (Å²) in [5.74, 6) is 0.00523. The second-order valence-electron chi connectivity index (χ2n) is 12.6. The van der Waals surface area contributed by atoms with Crippen LogP contribution in [0.25, 0.3) is 0 Å². The Kier molecular flexibility index (Phi) is 33.5. The minimum Gasteiger partial charge on any atom is -0.294 e. The molecule has 0 saturated carbocycles. The van der Waals surface area contributed by atoms with Crippen LogP contribution in [-0.2, 0) is 9.59 Å². The number of allylic oxidation sites excluding steroid dienone is 2. The first-order valence-electron chi connectivity index (χ1n) is 18.4. The van der Waals surface area contributed by atoms with Crippen LogP contribution in [0.15, 0.2) is 11.6 Å². The maximum atomic E-state index is 12.4. The molecule has 0 rings (SSSR count). The summed E-state index contributed by atoms with van der Waals surface area (Å²) >= 11 is 0. The molecule has 235 valence electrons. The van der Waals surface area contributed by atoms with Gasteiger partial charge < -0.3 is 0 Å². The van der Waals surface area contributed by atoms with Gasteiger partial charge >= 0.3 is 0 Å². The normalized spacial score (nSPS) is 11.8. The highest BCUT2D eigenvalue weighted by Gasteiger charge is 2.08. The molecule has 0 unspecified atom stereocenters. The standard InChI is InChI=1S/C38H71O2/c1-3-5-7-9-11-13-15-17-19-21-22-24-26-28-30-32-34-37(36-39)38(40)35-33-31-29-27-25-23-20-18-16-14-12-10-8-6-4-2/h34H,3-33,35H2,1-2H3. The Hall–Kier alpha value is -0.920. The Balaban J connectivity index is 3.47. The molecule has 0 aliphatic heterocycles. The van der Waals surface area contributed by atoms with Crippen molar-refractivity contribution >= 4 is 12.1 Å². The summed E-state index contributed by atoms with van der Waals surface area (Å²) in [6.45, 7) is 4.56. The monoisotopic (exact) mass is 560 g/mol. The Morgan fingerprint density at radius 1 is 0.425 bits per heavy atom. The van der Waals surface area contributed by atoms with E-state index in [0.29, 0.717) is 12.0 Å². The molecule has 0 bridgehead atoms. The number of unbranched alkanes of at least 4 members (excludes halogenated alkanes) is 29. The predicted molar refractivity (Wildman–Crippen MR) is 178 cm³/mol. The lowest BCUT2D eigenvalue weighted by Crippen LogP contribution is -2.03. The van der Waals surface area contributed by atoms with Crippen molar-refractivity contribution in [2.75, 3.05) is 0 Å². The van der Waals surface area contributed by atoms with E-state index in [1.165, 1.54) is 173 Å². The van der Waals surface area contributed by atoms with Gasteiger partial charge in [-0.3, -0.25) is 9.59 Å². The molecule has 0 fully saturated rings. The van der Waals surface area contributed by atoms with Gasteiger partial charge in [0.15, 0.2) is 5.78 Å². The molecule has 0 amide bonds. The maximum absolute atomic E-state index is 12.4. The first-order chi connectivity index (χ1) is 19.8. The third-order valence-corrected chi connectivity index (χ3v) is 8.57. The Bertz CT molecular complexity index is 550. The zero-order valence-corrected chi connectivity index (χ0v) is 27.5. The second-order valence-corrected chi connectivity index (χ2v) is 12.6. The molecule has 40 heavy (non-hydrogen) atoms. The van der Waals surface area contributed by atoms with Gasteiger partial charge in [0, 0.05) is 6.42 Å². The summed E-state index contributed by atoms with van der Waals surface area (Å²) in [7, 11) is 0. The summed E-state index contributed by atoms with van der Waals surface area (Å²) in [6, 6.07) is 0. The van der Waals surface area contributed by atoms with Crippen LogP contribution in [0.2, 0.25) is 0 Å². The van der Waals surface area contributed by atoms with Gasteiger partial charge in [0.25, 0.3) is 0 Å². The van der Waals surface area contributed by atoms with Crippen molar-refractivity contribution in [1.82, 2.24) is 0 Å². The van der Waals surface area contributed by atoms with Gasteiger partial charge in [-0.2, -0.15) is 0 Å². The van der Waals surface area contributed by atoms with Gasteiger partial charge in [-0.25, -0.2) is 0 Å². The van der Waals surface area contributed by atoms with Crippen LogP contribution in [0.3, 0.4) is 0 Å². The number of rotatable bonds is 34. The minimum absolute atomic E-state index is 0.00523. The zero-order valence-electron chi connectivity index (χ0n) is 27.5. The molecule has 0 N–H and O–H groups in total. The molecular formula is C38H71O2. The van der Waals surface area contributed by atoms with Crippen molar-refractivity contribution in [2.24, 2.45) is 0 Å². The van der Waals surface area contributed by atoms with E-state index in [1.54, 1.807) is 0 Å². The van der Waals surface area contributed by atoms with Crippen molar-refractivity contribution in [3.8, 4) is 0 Å². The molecule has 0 spiro atoms. The molecule has 0 saturated heterocycles. The molecule has 0 aromatic carbocycles. The quantitative estimate of drug-likeness (QED) is 0.0340. The van der Waals surface area contributed by atoms with E-state index in [-0.39, 0.29) is 5.78 Å². The molecule has 0 aromatic heterocycles. The highest BCUT2D eigenvalue weighted by Crippen LogP contribution is 2.16. The fourth-order valence-corrected chi connectivity index (χ4v) is 5.77. The van der Waals surface area contributed by atoms with E-state index in [2.05, 4.69) is 13.8 Å². The predicted octanol–water partition coefficient (Wildman–Crippen LogP) is 13.1. The van der Waals surface area contributed by atoms with Crippen LogP contribution in [0.4, 0.5) is 0 Å². The number of carbonyl (C=O) groups excluding carboxylic acids is 2. The van der Waals surface area contributed by atoms with Crippen molar-refractivity contribution in [1.29, 1.82) is 0 Å². The fraction of sp³-hybridized carbons (Fsp3) is 0.895. The van der Waals surface area contributed by atoms with E-state index in [1.807, 2.05) is 12.4 Å². The summed E-state index contributed by atoms with van der Waals surface area (Å²) < 4.78 is 0. The maximum Gasteiger partial charge on any atom is 0.236 e. The van der Waals surface area contributed by atoms with E-state index >= 15 is 0 Å². The van der Waals surface area contributed by atoms with Crippen LogP contribution in [0.1, 0.15) is 219 Å². The van der Waals surface area contributed by atoms with Crippen molar-refractivity contribution in [3.05, 3.63) is 11.6 Å². The first-order valence-corrected chi connectivity index (χ1v) is 18.4. The molecule has 1 radical (unpaired) electrons. The van der Waals surface area contributed by atoms with Crippen molar-refractivity contribution in [3.63, 3.8) is 0 Å². The van der Waals surface area contributed by atoms with Crippen molar-refractivity contribution in [2.45, 2.75) is 219 Å². The molecule has 0 aliphatic carbocycles. The number of hydrogen-bond donors (Lipinski definition) is 0. The van der Waals surface area contributed by atoms with Gasteiger partial charge in [-0.15, -0.1) is 0 Å². The van der Waals surface area contributed by atoms with Gasteiger partial charge in [-0.05, 0) is 19.3 Å². The van der Waals surface area contributed by atoms with E-state index in [9.17, 15) is 9.59 Å². The van der Waals surface area contributed by atoms with Gasteiger partial charge in [0.05, 0.1) is 5.57 Å². The summed E-state index contributed by atoms with van der Waals surface area (Å²) in [5, 5.41) is 0. The minimum atomic E-state index is 0.00523. The number of carbonyl (C=O) groups is 1. The highest BCUT2D eigenvalue weighted by molar-refractivity contribution is 6.11. The first kappa shape index (κ1) is 39.1. The van der Waals surface area contributed by atoms with Gasteiger partial charge in [0.1, 0.15) is 0 Å². The number of hydrogen-bond acceptors (Lipinski definition) is 2. The lowest BCUT2D eigenvalue weighted by Gasteiger charge is -2.04. The Morgan fingerprint density at radius 3 is 1.00 bits per heavy atom. The molecule has 0 atom stereocenters. The smallest absolute Gasteiger partial charge is 0.236 e. The van der Waals surface area contributed by atoms with E-state index in [0.717, 1.165) is 25.7 Å². The topological polar surface area (TPSA) is 34.1 Å².